The van der Waals surface area contributed by atoms with E-state index >= 15 is 0 Å². The lowest BCUT2D eigenvalue weighted by molar-refractivity contribution is -0.145. The molecule has 66 heavy (non-hydrogen) atoms. The number of aliphatic hydroxyl groups excluding tert-OH is 2. The molecular weight excluding hydrogens is 829 g/mol. The average molecular weight is 937 g/mol. The van der Waals surface area contributed by atoms with E-state index in [0.717, 1.165) is 89.9 Å². The molecule has 0 saturated heterocycles. The van der Waals surface area contributed by atoms with Crippen LogP contribution in [0.1, 0.15) is 240 Å². The number of unbranched alkanes of at least 4 members (excludes halogenated alkanes) is 28. The first kappa shape index (κ1) is 63.7. The molecule has 0 aliphatic rings. The van der Waals surface area contributed by atoms with Crippen molar-refractivity contribution in [1.29, 1.82) is 0 Å². The van der Waals surface area contributed by atoms with Crippen molar-refractivity contribution in [3.8, 4) is 0 Å². The standard InChI is InChI=1S/C54H108N6O6/c1-6-11-15-19-23-27-31-35-39-57(45-50(55)62)52(64)47-59(41-37-33-29-25-21-17-13-8-3)54(66)49-60(42-38-34-30-26-22-18-14-9-4)53(65)48-58(51(63)46-56(10-5)43-44-61)40-36-32-28-24-20-16-12-7-2/h54,61,66H,6-49H2,1-5H3,(H2,55,62). The molecule has 0 aliphatic heterocycles. The van der Waals surface area contributed by atoms with Gasteiger partial charge in [0.05, 0.1) is 39.3 Å². The number of aliphatic hydroxyl groups is 2. The molecule has 390 valence electrons. The molecule has 0 aliphatic carbocycles. The van der Waals surface area contributed by atoms with E-state index in [0.29, 0.717) is 39.3 Å². The lowest BCUT2D eigenvalue weighted by Gasteiger charge is -2.35. The summed E-state index contributed by atoms with van der Waals surface area (Å²) in [5.41, 5.74) is 5.67. The first-order valence-corrected chi connectivity index (χ1v) is 27.9. The number of primary amides is 1. The predicted molar refractivity (Wildman–Crippen MR) is 276 cm³/mol. The van der Waals surface area contributed by atoms with E-state index < -0.39 is 12.1 Å². The Hall–Kier alpha value is -2.28. The second kappa shape index (κ2) is 46.4. The molecule has 1 atom stereocenters. The van der Waals surface area contributed by atoms with Gasteiger partial charge < -0.3 is 30.6 Å². The zero-order chi connectivity index (χ0) is 48.9. The van der Waals surface area contributed by atoms with Crippen LogP contribution in [0.15, 0.2) is 0 Å². The second-order valence-corrected chi connectivity index (χ2v) is 19.4. The molecule has 0 aromatic rings. The normalized spacial score (nSPS) is 12.0. The van der Waals surface area contributed by atoms with E-state index in [-0.39, 0.29) is 57.1 Å². The average Bonchev–Trinajstić information content (AvgIpc) is 3.30. The van der Waals surface area contributed by atoms with E-state index in [2.05, 4.69) is 27.7 Å². The molecule has 1 unspecified atom stereocenters. The summed E-state index contributed by atoms with van der Waals surface area (Å²) in [5, 5.41) is 21.7. The third-order valence-corrected chi connectivity index (χ3v) is 13.2. The van der Waals surface area contributed by atoms with Crippen LogP contribution in [0.2, 0.25) is 0 Å². The molecule has 0 bridgehead atoms. The highest BCUT2D eigenvalue weighted by Gasteiger charge is 2.28. The molecule has 0 radical (unpaired) electrons. The summed E-state index contributed by atoms with van der Waals surface area (Å²) in [7, 11) is 0. The fourth-order valence-electron chi connectivity index (χ4n) is 8.81. The number of carbonyl (C=O) groups is 4. The molecular formula is C54H108N6O6. The summed E-state index contributed by atoms with van der Waals surface area (Å²) in [5.74, 6) is -1.10. The first-order valence-electron chi connectivity index (χ1n) is 27.9. The number of rotatable bonds is 50. The van der Waals surface area contributed by atoms with Gasteiger partial charge in [-0.15, -0.1) is 0 Å². The summed E-state index contributed by atoms with van der Waals surface area (Å²) in [6.07, 6.45) is 34.8. The molecule has 0 spiro atoms. The van der Waals surface area contributed by atoms with Crippen LogP contribution >= 0.6 is 0 Å². The van der Waals surface area contributed by atoms with Crippen LogP contribution in [0.25, 0.3) is 0 Å². The Labute approximate surface area is 406 Å². The van der Waals surface area contributed by atoms with Crippen molar-refractivity contribution in [1.82, 2.24) is 24.5 Å². The fourth-order valence-corrected chi connectivity index (χ4v) is 8.81. The van der Waals surface area contributed by atoms with Crippen molar-refractivity contribution in [3.63, 3.8) is 0 Å². The molecule has 12 heteroatoms. The predicted octanol–water partition coefficient (Wildman–Crippen LogP) is 10.5. The monoisotopic (exact) mass is 937 g/mol. The Morgan fingerprint density at radius 3 is 1.08 bits per heavy atom. The van der Waals surface area contributed by atoms with Crippen LogP contribution in [0.4, 0.5) is 0 Å². The van der Waals surface area contributed by atoms with Gasteiger partial charge >= 0.3 is 0 Å². The molecule has 4 amide bonds. The zero-order valence-electron chi connectivity index (χ0n) is 44.0. The lowest BCUT2D eigenvalue weighted by Crippen LogP contribution is -2.53. The molecule has 4 N–H and O–H groups in total. The van der Waals surface area contributed by atoms with Gasteiger partial charge in [0.15, 0.2) is 0 Å². The highest BCUT2D eigenvalue weighted by molar-refractivity contribution is 5.86. The minimum atomic E-state index is -1.10. The number of hydrogen-bond acceptors (Lipinski definition) is 8. The van der Waals surface area contributed by atoms with E-state index in [1.165, 1.54) is 116 Å². The highest BCUT2D eigenvalue weighted by atomic mass is 16.3. The van der Waals surface area contributed by atoms with Crippen LogP contribution in [-0.2, 0) is 19.2 Å². The molecule has 0 fully saturated rings. The van der Waals surface area contributed by atoms with Crippen LogP contribution < -0.4 is 5.73 Å². The van der Waals surface area contributed by atoms with Crippen LogP contribution in [-0.4, -0.2) is 143 Å². The van der Waals surface area contributed by atoms with Gasteiger partial charge in [0.25, 0.3) is 0 Å². The van der Waals surface area contributed by atoms with Crippen molar-refractivity contribution in [3.05, 3.63) is 0 Å². The van der Waals surface area contributed by atoms with Crippen molar-refractivity contribution >= 4 is 23.6 Å². The summed E-state index contributed by atoms with van der Waals surface area (Å²) < 4.78 is 0. The third-order valence-electron chi connectivity index (χ3n) is 13.2. The summed E-state index contributed by atoms with van der Waals surface area (Å²) in [4.78, 5) is 63.3. The SMILES string of the molecule is CCCCCCCCCCN(CC(N)=O)C(=O)CN(CCCCCCCCCC)C(O)CN(CCCCCCCCCC)C(=O)CN(CCCCCCCCCC)C(=O)CN(CC)CCO. The Morgan fingerprint density at radius 1 is 0.394 bits per heavy atom. The van der Waals surface area contributed by atoms with Gasteiger partial charge in [-0.3, -0.25) is 29.0 Å². The van der Waals surface area contributed by atoms with Gasteiger partial charge in [-0.05, 0) is 32.2 Å². The number of carbonyl (C=O) groups excluding carboxylic acids is 4. The molecule has 0 saturated carbocycles. The smallest absolute Gasteiger partial charge is 0.242 e. The zero-order valence-corrected chi connectivity index (χ0v) is 44.0. The number of hydrogen-bond donors (Lipinski definition) is 3. The minimum absolute atomic E-state index is 0.0267. The van der Waals surface area contributed by atoms with Gasteiger partial charge in [0.1, 0.15) is 6.23 Å². The van der Waals surface area contributed by atoms with Crippen LogP contribution in [0.5, 0.6) is 0 Å². The number of nitrogens with zero attached hydrogens (tertiary/aromatic N) is 5. The fraction of sp³-hybridized carbons (Fsp3) is 0.926. The van der Waals surface area contributed by atoms with Crippen molar-refractivity contribution in [2.24, 2.45) is 5.73 Å². The van der Waals surface area contributed by atoms with Gasteiger partial charge in [-0.1, -0.05) is 214 Å². The van der Waals surface area contributed by atoms with Gasteiger partial charge in [-0.25, -0.2) is 0 Å². The maximum absolute atomic E-state index is 14.5. The lowest BCUT2D eigenvalue weighted by atomic mass is 10.1. The van der Waals surface area contributed by atoms with Gasteiger partial charge in [0.2, 0.25) is 23.6 Å². The molecule has 12 nitrogen and oxygen atoms in total. The van der Waals surface area contributed by atoms with Crippen molar-refractivity contribution in [2.45, 2.75) is 246 Å². The topological polar surface area (TPSA) is 151 Å². The molecule has 0 heterocycles. The number of nitrogens with two attached hydrogens (primary N) is 1. The molecule has 0 aromatic heterocycles. The first-order chi connectivity index (χ1) is 32.1. The second-order valence-electron chi connectivity index (χ2n) is 19.4. The summed E-state index contributed by atoms with van der Waals surface area (Å²) in [6, 6.07) is 0. The quantitative estimate of drug-likeness (QED) is 0.0403. The van der Waals surface area contributed by atoms with Crippen molar-refractivity contribution in [2.75, 3.05) is 78.6 Å². The largest absolute Gasteiger partial charge is 0.395 e. The molecule has 0 aromatic carbocycles. The van der Waals surface area contributed by atoms with E-state index in [9.17, 15) is 29.4 Å². The minimum Gasteiger partial charge on any atom is -0.395 e. The maximum atomic E-state index is 14.5. The van der Waals surface area contributed by atoms with Crippen molar-refractivity contribution < 1.29 is 29.4 Å². The summed E-state index contributed by atoms with van der Waals surface area (Å²) >= 11 is 0. The van der Waals surface area contributed by atoms with E-state index in [1.54, 1.807) is 19.6 Å². The number of likely N-dealkylation sites (N-methyl/N-ethyl adjacent to an activating group) is 1. The van der Waals surface area contributed by atoms with Crippen LogP contribution in [0, 0.1) is 0 Å². The summed E-state index contributed by atoms with van der Waals surface area (Å²) in [6.45, 7) is 13.6. The Morgan fingerprint density at radius 2 is 0.712 bits per heavy atom. The highest BCUT2D eigenvalue weighted by Crippen LogP contribution is 2.15. The third kappa shape index (κ3) is 36.7. The van der Waals surface area contributed by atoms with Gasteiger partial charge in [-0.2, -0.15) is 0 Å². The number of amides is 4. The Balaban J connectivity index is 6.30. The van der Waals surface area contributed by atoms with Crippen LogP contribution in [0.3, 0.4) is 0 Å². The molecule has 0 rings (SSSR count). The van der Waals surface area contributed by atoms with Gasteiger partial charge in [0, 0.05) is 32.7 Å². The Kier molecular flexibility index (Phi) is 44.8. The maximum Gasteiger partial charge on any atom is 0.242 e. The van der Waals surface area contributed by atoms with E-state index in [4.69, 9.17) is 5.73 Å². The van der Waals surface area contributed by atoms with E-state index in [1.807, 2.05) is 11.8 Å². The Bertz CT molecular complexity index is 1150.